The number of oxazole rings is 1. The highest BCUT2D eigenvalue weighted by Gasteiger charge is 2.29. The number of halogens is 1. The number of aromatic nitrogens is 1. The fourth-order valence-corrected chi connectivity index (χ4v) is 3.61. The molecule has 35 heavy (non-hydrogen) atoms. The number of rotatable bonds is 8. The predicted molar refractivity (Wildman–Crippen MR) is 121 cm³/mol. The summed E-state index contributed by atoms with van der Waals surface area (Å²) in [5.74, 6) is -1.08. The Balaban J connectivity index is 1.31. The van der Waals surface area contributed by atoms with E-state index in [4.69, 9.17) is 13.9 Å². The van der Waals surface area contributed by atoms with Crippen LogP contribution in [0.2, 0.25) is 0 Å². The molecule has 9 nitrogen and oxygen atoms in total. The number of carbonyl (C=O) groups is 3. The van der Waals surface area contributed by atoms with Gasteiger partial charge in [0.05, 0.1) is 5.69 Å². The number of anilines is 1. The van der Waals surface area contributed by atoms with Gasteiger partial charge in [0.1, 0.15) is 18.6 Å². The Morgan fingerprint density at radius 1 is 1.23 bits per heavy atom. The first-order valence-corrected chi connectivity index (χ1v) is 11.1. The predicted octanol–water partition coefficient (Wildman–Crippen LogP) is 3.20. The Bertz CT molecular complexity index is 1320. The molecule has 0 atom stereocenters. The van der Waals surface area contributed by atoms with Gasteiger partial charge in [-0.05, 0) is 55.7 Å². The number of carbonyl (C=O) groups excluding carboxylic acids is 3. The van der Waals surface area contributed by atoms with Crippen LogP contribution in [-0.2, 0) is 11.3 Å². The van der Waals surface area contributed by atoms with E-state index in [-0.39, 0.29) is 60.5 Å². The monoisotopic (exact) mass is 479 g/mol. The van der Waals surface area contributed by atoms with E-state index in [0.717, 1.165) is 18.4 Å². The van der Waals surface area contributed by atoms with Gasteiger partial charge in [0.15, 0.2) is 36.3 Å². The van der Waals surface area contributed by atoms with Gasteiger partial charge in [-0.2, -0.15) is 0 Å². The van der Waals surface area contributed by atoms with Crippen LogP contribution in [0.15, 0.2) is 47.1 Å². The number of Topliss-reactive ketones (excluding diaryl/α,β-unsaturated/α-hetero) is 1. The van der Waals surface area contributed by atoms with Crippen LogP contribution in [0.25, 0.3) is 0 Å². The zero-order valence-electron chi connectivity index (χ0n) is 18.9. The Hall–Kier alpha value is -4.21. The molecule has 1 saturated carbocycles. The molecule has 1 aliphatic heterocycles. The van der Waals surface area contributed by atoms with Gasteiger partial charge in [0.25, 0.3) is 11.8 Å². The number of ether oxygens (including phenoxy) is 2. The molecule has 0 bridgehead atoms. The number of hydrogen-bond acceptors (Lipinski definition) is 7. The summed E-state index contributed by atoms with van der Waals surface area (Å²) < 4.78 is 30.2. The molecule has 0 spiro atoms. The maximum atomic E-state index is 13.9. The number of ketones is 1. The second-order valence-electron chi connectivity index (χ2n) is 8.47. The fourth-order valence-electron chi connectivity index (χ4n) is 3.61. The van der Waals surface area contributed by atoms with Crippen molar-refractivity contribution in [3.05, 3.63) is 71.2 Å². The Morgan fingerprint density at radius 2 is 2.06 bits per heavy atom. The molecule has 2 heterocycles. The third-order valence-corrected chi connectivity index (χ3v) is 5.66. The van der Waals surface area contributed by atoms with Gasteiger partial charge in [-0.1, -0.05) is 6.07 Å². The lowest BCUT2D eigenvalue weighted by atomic mass is 10.1. The second kappa shape index (κ2) is 9.21. The number of nitrogens with zero attached hydrogens (tertiary/aromatic N) is 2. The summed E-state index contributed by atoms with van der Waals surface area (Å²) in [4.78, 5) is 43.1. The quantitative estimate of drug-likeness (QED) is 0.494. The van der Waals surface area contributed by atoms with E-state index < -0.39 is 11.6 Å². The first kappa shape index (κ1) is 22.6. The molecule has 1 aromatic heterocycles. The number of aryl methyl sites for hydroxylation is 1. The third kappa shape index (κ3) is 5.01. The maximum absolute atomic E-state index is 13.9. The van der Waals surface area contributed by atoms with Crippen LogP contribution in [-0.4, -0.2) is 41.8 Å². The van der Waals surface area contributed by atoms with Crippen LogP contribution in [0.5, 0.6) is 11.5 Å². The van der Waals surface area contributed by atoms with Gasteiger partial charge < -0.3 is 19.2 Å². The van der Waals surface area contributed by atoms with Gasteiger partial charge in [-0.15, -0.1) is 0 Å². The number of hydrogen-bond donors (Lipinski definition) is 1. The topological polar surface area (TPSA) is 111 Å². The normalized spacial score (nSPS) is 14.8. The van der Waals surface area contributed by atoms with Gasteiger partial charge in [-0.3, -0.25) is 19.3 Å². The summed E-state index contributed by atoms with van der Waals surface area (Å²) in [5.41, 5.74) is 1.55. The average Bonchev–Trinajstić information content (AvgIpc) is 3.54. The van der Waals surface area contributed by atoms with Gasteiger partial charge in [-0.25, -0.2) is 9.37 Å². The first-order chi connectivity index (χ1) is 16.9. The minimum absolute atomic E-state index is 0.0122. The van der Waals surface area contributed by atoms with Crippen molar-refractivity contribution >= 4 is 23.3 Å². The molecule has 2 amide bonds. The van der Waals surface area contributed by atoms with E-state index in [1.807, 2.05) is 0 Å². The number of amides is 2. The Morgan fingerprint density at radius 3 is 2.86 bits per heavy atom. The van der Waals surface area contributed by atoms with Crippen molar-refractivity contribution in [3.8, 4) is 11.5 Å². The summed E-state index contributed by atoms with van der Waals surface area (Å²) in [6, 6.07) is 9.22. The van der Waals surface area contributed by atoms with Gasteiger partial charge >= 0.3 is 0 Å². The molecule has 180 valence electrons. The summed E-state index contributed by atoms with van der Waals surface area (Å²) in [6.07, 6.45) is 3.14. The smallest absolute Gasteiger partial charge is 0.273 e. The van der Waals surface area contributed by atoms with E-state index in [1.165, 1.54) is 29.4 Å². The highest BCUT2D eigenvalue weighted by atomic mass is 19.1. The molecule has 2 aliphatic rings. The summed E-state index contributed by atoms with van der Waals surface area (Å²) >= 11 is 0. The molecule has 5 rings (SSSR count). The second-order valence-corrected chi connectivity index (χ2v) is 8.47. The molecule has 10 heteroatoms. The lowest BCUT2D eigenvalue weighted by molar-refractivity contribution is -0.121. The number of nitrogens with one attached hydrogen (secondary N) is 1. The van der Waals surface area contributed by atoms with Crippen LogP contribution in [0.3, 0.4) is 0 Å². The van der Waals surface area contributed by atoms with Crippen molar-refractivity contribution in [2.75, 3.05) is 18.1 Å². The summed E-state index contributed by atoms with van der Waals surface area (Å²) in [7, 11) is 0. The highest BCUT2D eigenvalue weighted by molar-refractivity contribution is 6.02. The lowest BCUT2D eigenvalue weighted by Crippen LogP contribution is -2.38. The SMILES string of the molecule is Cc1ccc(F)c(OCC(=O)c2ccc3c(c2)N(Cc2nc(C(=O)NC4CC4)co2)C(=O)CO3)c1. The van der Waals surface area contributed by atoms with E-state index in [0.29, 0.717) is 11.4 Å². The van der Waals surface area contributed by atoms with E-state index in [1.54, 1.807) is 25.1 Å². The number of benzene rings is 2. The summed E-state index contributed by atoms with van der Waals surface area (Å²) in [5, 5.41) is 2.83. The first-order valence-electron chi connectivity index (χ1n) is 11.1. The molecule has 1 N–H and O–H groups in total. The molecular formula is C25H22FN3O6. The van der Waals surface area contributed by atoms with Crippen molar-refractivity contribution < 1.29 is 32.7 Å². The average molecular weight is 479 g/mol. The van der Waals surface area contributed by atoms with Crippen molar-refractivity contribution in [1.82, 2.24) is 10.3 Å². The lowest BCUT2D eigenvalue weighted by Gasteiger charge is -2.28. The molecule has 1 fully saturated rings. The zero-order chi connectivity index (χ0) is 24.5. The molecule has 0 unspecified atom stereocenters. The van der Waals surface area contributed by atoms with Crippen molar-refractivity contribution in [2.45, 2.75) is 32.4 Å². The molecule has 0 radical (unpaired) electrons. The fraction of sp³-hybridized carbons (Fsp3) is 0.280. The Kier molecular flexibility index (Phi) is 5.94. The molecular weight excluding hydrogens is 457 g/mol. The van der Waals surface area contributed by atoms with E-state index >= 15 is 0 Å². The van der Waals surface area contributed by atoms with Gasteiger partial charge in [0.2, 0.25) is 5.89 Å². The minimum Gasteiger partial charge on any atom is -0.482 e. The van der Waals surface area contributed by atoms with Crippen LogP contribution in [0, 0.1) is 12.7 Å². The third-order valence-electron chi connectivity index (χ3n) is 5.66. The minimum atomic E-state index is -0.560. The molecule has 2 aromatic carbocycles. The zero-order valence-corrected chi connectivity index (χ0v) is 18.9. The molecule has 0 saturated heterocycles. The van der Waals surface area contributed by atoms with Gasteiger partial charge in [0, 0.05) is 11.6 Å². The maximum Gasteiger partial charge on any atom is 0.273 e. The molecule has 1 aliphatic carbocycles. The van der Waals surface area contributed by atoms with Crippen LogP contribution in [0.4, 0.5) is 10.1 Å². The van der Waals surface area contributed by atoms with Crippen LogP contribution in [0.1, 0.15) is 45.1 Å². The van der Waals surface area contributed by atoms with Crippen molar-refractivity contribution in [1.29, 1.82) is 0 Å². The van der Waals surface area contributed by atoms with Crippen LogP contribution >= 0.6 is 0 Å². The van der Waals surface area contributed by atoms with Crippen molar-refractivity contribution in [3.63, 3.8) is 0 Å². The summed E-state index contributed by atoms with van der Waals surface area (Å²) in [6.45, 7) is 1.17. The highest BCUT2D eigenvalue weighted by Crippen LogP contribution is 2.34. The standard InChI is InChI=1S/C25H22FN3O6/c1-14-2-6-17(26)22(8-14)33-12-20(30)15-3-7-21-19(9-15)29(24(31)13-34-21)10-23-28-18(11-35-23)25(32)27-16-4-5-16/h2-3,6-9,11,16H,4-5,10,12-13H2,1H3,(H,27,32). The largest absolute Gasteiger partial charge is 0.482 e. The number of fused-ring (bicyclic) bond motifs is 1. The Labute approximate surface area is 199 Å². The van der Waals surface area contributed by atoms with Crippen LogP contribution < -0.4 is 19.7 Å². The van der Waals surface area contributed by atoms with E-state index in [9.17, 15) is 18.8 Å². The van der Waals surface area contributed by atoms with Crippen molar-refractivity contribution in [2.24, 2.45) is 0 Å². The van der Waals surface area contributed by atoms with E-state index in [2.05, 4.69) is 10.3 Å². The molecule has 3 aromatic rings.